The predicted octanol–water partition coefficient (Wildman–Crippen LogP) is 1.26. The molecule has 0 saturated carbocycles. The van der Waals surface area contributed by atoms with Crippen molar-refractivity contribution in [3.8, 4) is 5.75 Å². The smallest absolute Gasteiger partial charge is 0.255 e. The predicted molar refractivity (Wildman–Crippen MR) is 94.4 cm³/mol. The number of nitrogens with one attached hydrogen (secondary N) is 1. The fourth-order valence-corrected chi connectivity index (χ4v) is 2.70. The highest BCUT2D eigenvalue weighted by Gasteiger charge is 2.18. The number of carbonyl (C=O) groups excluding carboxylic acids is 2. The van der Waals surface area contributed by atoms with Crippen LogP contribution in [-0.2, 0) is 18.3 Å². The van der Waals surface area contributed by atoms with Gasteiger partial charge in [0.25, 0.3) is 11.8 Å². The molecule has 134 valence electrons. The first-order valence-corrected chi connectivity index (χ1v) is 8.09. The van der Waals surface area contributed by atoms with Crippen LogP contribution in [0.4, 0.5) is 0 Å². The van der Waals surface area contributed by atoms with Crippen molar-refractivity contribution in [3.05, 3.63) is 46.8 Å². The van der Waals surface area contributed by atoms with Crippen LogP contribution < -0.4 is 15.8 Å². The molecule has 0 radical (unpaired) electrons. The average Bonchev–Trinajstić information content (AvgIpc) is 2.79. The molecule has 2 rings (SSSR count). The van der Waals surface area contributed by atoms with Crippen LogP contribution in [-0.4, -0.2) is 34.2 Å². The second-order valence-electron chi connectivity index (χ2n) is 6.10. The van der Waals surface area contributed by atoms with Crippen LogP contribution in [0.25, 0.3) is 0 Å². The number of aromatic nitrogens is 2. The van der Waals surface area contributed by atoms with Gasteiger partial charge in [-0.05, 0) is 44.9 Å². The summed E-state index contributed by atoms with van der Waals surface area (Å²) in [6, 6.07) is 6.68. The highest BCUT2D eigenvalue weighted by Crippen LogP contribution is 2.19. The Morgan fingerprint density at radius 3 is 2.60 bits per heavy atom. The molecule has 0 aliphatic rings. The Morgan fingerprint density at radius 1 is 1.32 bits per heavy atom. The molecule has 2 amide bonds. The first-order valence-electron chi connectivity index (χ1n) is 8.09. The van der Waals surface area contributed by atoms with Crippen molar-refractivity contribution in [1.82, 2.24) is 15.1 Å². The zero-order valence-corrected chi connectivity index (χ0v) is 15.0. The summed E-state index contributed by atoms with van der Waals surface area (Å²) in [5.74, 6) is -0.516. The van der Waals surface area contributed by atoms with Crippen molar-refractivity contribution in [2.75, 3.05) is 6.61 Å². The molecule has 0 fully saturated rings. The number of hydrogen-bond donors (Lipinski definition) is 2. The highest BCUT2D eigenvalue weighted by atomic mass is 16.5. The van der Waals surface area contributed by atoms with Gasteiger partial charge in [-0.3, -0.25) is 14.3 Å². The third-order valence-electron chi connectivity index (χ3n) is 4.05. The Labute approximate surface area is 147 Å². The molecule has 7 heteroatoms. The monoisotopic (exact) mass is 344 g/mol. The maximum atomic E-state index is 12.6. The van der Waals surface area contributed by atoms with Crippen molar-refractivity contribution in [3.63, 3.8) is 0 Å². The lowest BCUT2D eigenvalue weighted by Crippen LogP contribution is -2.34. The van der Waals surface area contributed by atoms with Gasteiger partial charge in [-0.1, -0.05) is 12.1 Å². The van der Waals surface area contributed by atoms with Gasteiger partial charge in [-0.25, -0.2) is 0 Å². The summed E-state index contributed by atoms with van der Waals surface area (Å²) in [5.41, 5.74) is 8.65. The Kier molecular flexibility index (Phi) is 5.80. The quantitative estimate of drug-likeness (QED) is 0.790. The van der Waals surface area contributed by atoms with Gasteiger partial charge in [0.05, 0.1) is 11.3 Å². The maximum Gasteiger partial charge on any atom is 0.255 e. The van der Waals surface area contributed by atoms with E-state index in [1.807, 2.05) is 32.5 Å². The van der Waals surface area contributed by atoms with E-state index < -0.39 is 5.91 Å². The third kappa shape index (κ3) is 4.59. The van der Waals surface area contributed by atoms with Gasteiger partial charge in [0, 0.05) is 18.8 Å². The first-order chi connectivity index (χ1) is 11.8. The first kappa shape index (κ1) is 18.5. The Bertz CT molecular complexity index is 783. The van der Waals surface area contributed by atoms with E-state index in [-0.39, 0.29) is 18.6 Å². The number of benzene rings is 1. The van der Waals surface area contributed by atoms with Crippen LogP contribution in [0.2, 0.25) is 0 Å². The number of rotatable bonds is 7. The van der Waals surface area contributed by atoms with Gasteiger partial charge in [-0.15, -0.1) is 0 Å². The molecule has 3 N–H and O–H groups in total. The lowest BCUT2D eigenvalue weighted by atomic mass is 10.0. The van der Waals surface area contributed by atoms with Crippen LogP contribution in [0.15, 0.2) is 24.3 Å². The van der Waals surface area contributed by atoms with Crippen LogP contribution in [0, 0.1) is 13.8 Å². The summed E-state index contributed by atoms with van der Waals surface area (Å²) in [5, 5.41) is 7.36. The molecule has 0 aliphatic heterocycles. The Morgan fingerprint density at radius 2 is 2.00 bits per heavy atom. The third-order valence-corrected chi connectivity index (χ3v) is 4.05. The van der Waals surface area contributed by atoms with E-state index in [9.17, 15) is 9.59 Å². The van der Waals surface area contributed by atoms with E-state index in [1.54, 1.807) is 24.3 Å². The van der Waals surface area contributed by atoms with E-state index in [0.29, 0.717) is 17.7 Å². The maximum absolute atomic E-state index is 12.6. The van der Waals surface area contributed by atoms with Crippen LogP contribution in [0.5, 0.6) is 5.75 Å². The number of primary amides is 1. The summed E-state index contributed by atoms with van der Waals surface area (Å²) >= 11 is 0. The van der Waals surface area contributed by atoms with Crippen molar-refractivity contribution < 1.29 is 14.3 Å². The van der Waals surface area contributed by atoms with E-state index >= 15 is 0 Å². The topological polar surface area (TPSA) is 99.2 Å². The fraction of sp³-hybridized carbons (Fsp3) is 0.389. The minimum Gasteiger partial charge on any atom is -0.483 e. The highest BCUT2D eigenvalue weighted by molar-refractivity contribution is 5.97. The molecule has 25 heavy (non-hydrogen) atoms. The second kappa shape index (κ2) is 7.83. The lowest BCUT2D eigenvalue weighted by molar-refractivity contribution is -0.119. The average molecular weight is 344 g/mol. The van der Waals surface area contributed by atoms with Gasteiger partial charge in [0.15, 0.2) is 6.61 Å². The van der Waals surface area contributed by atoms with Crippen molar-refractivity contribution in [2.45, 2.75) is 33.2 Å². The number of nitrogens with zero attached hydrogens (tertiary/aromatic N) is 2. The van der Waals surface area contributed by atoms with E-state index in [1.165, 1.54) is 0 Å². The van der Waals surface area contributed by atoms with E-state index in [4.69, 9.17) is 10.5 Å². The minimum absolute atomic E-state index is 0.0849. The summed E-state index contributed by atoms with van der Waals surface area (Å²) in [4.78, 5) is 23.4. The minimum atomic E-state index is -0.592. The van der Waals surface area contributed by atoms with Crippen molar-refractivity contribution in [1.29, 1.82) is 0 Å². The molecule has 0 bridgehead atoms. The molecule has 1 atom stereocenters. The molecular weight excluding hydrogens is 320 g/mol. The van der Waals surface area contributed by atoms with Crippen LogP contribution in [0.1, 0.15) is 34.2 Å². The van der Waals surface area contributed by atoms with Crippen LogP contribution in [0.3, 0.4) is 0 Å². The number of aryl methyl sites for hydroxylation is 2. The Hall–Kier alpha value is -2.83. The normalized spacial score (nSPS) is 11.8. The number of ether oxygens (including phenoxy) is 1. The Balaban J connectivity index is 2.07. The lowest BCUT2D eigenvalue weighted by Gasteiger charge is -2.16. The standard InChI is InChI=1S/C18H24N4O3/c1-11(9-15-12(2)21-22(4)13(15)3)20-18(24)14-7-5-6-8-16(14)25-10-17(19)23/h5-8,11H,9-10H2,1-4H3,(H2,19,23)(H,20,24). The fourth-order valence-electron chi connectivity index (χ4n) is 2.70. The second-order valence-corrected chi connectivity index (χ2v) is 6.10. The molecule has 0 spiro atoms. The molecule has 1 aromatic heterocycles. The zero-order chi connectivity index (χ0) is 18.6. The number of para-hydroxylation sites is 1. The molecule has 2 aromatic rings. The van der Waals surface area contributed by atoms with Crippen LogP contribution >= 0.6 is 0 Å². The molecule has 0 saturated heterocycles. The molecule has 1 aromatic carbocycles. The van der Waals surface area contributed by atoms with Gasteiger partial charge in [0.1, 0.15) is 5.75 Å². The van der Waals surface area contributed by atoms with Gasteiger partial charge >= 0.3 is 0 Å². The number of nitrogens with two attached hydrogens (primary N) is 1. The molecule has 1 heterocycles. The molecule has 7 nitrogen and oxygen atoms in total. The van der Waals surface area contributed by atoms with Gasteiger partial charge in [0.2, 0.25) is 0 Å². The molecule has 0 aliphatic carbocycles. The van der Waals surface area contributed by atoms with Crippen molar-refractivity contribution in [2.24, 2.45) is 12.8 Å². The largest absolute Gasteiger partial charge is 0.483 e. The van der Waals surface area contributed by atoms with Crippen molar-refractivity contribution >= 4 is 11.8 Å². The van der Waals surface area contributed by atoms with Gasteiger partial charge in [-0.2, -0.15) is 5.10 Å². The number of hydrogen-bond acceptors (Lipinski definition) is 4. The van der Waals surface area contributed by atoms with E-state index in [0.717, 1.165) is 17.0 Å². The SMILES string of the molecule is Cc1nn(C)c(C)c1CC(C)NC(=O)c1ccccc1OCC(N)=O. The molecular formula is C18H24N4O3. The number of carbonyl (C=O) groups is 2. The zero-order valence-electron chi connectivity index (χ0n) is 15.0. The summed E-state index contributed by atoms with van der Waals surface area (Å²) in [6.45, 7) is 5.64. The summed E-state index contributed by atoms with van der Waals surface area (Å²) < 4.78 is 7.15. The van der Waals surface area contributed by atoms with Gasteiger partial charge < -0.3 is 15.8 Å². The number of amides is 2. The summed E-state index contributed by atoms with van der Waals surface area (Å²) in [7, 11) is 1.90. The van der Waals surface area contributed by atoms with E-state index in [2.05, 4.69) is 10.4 Å². The summed E-state index contributed by atoms with van der Waals surface area (Å²) in [6.07, 6.45) is 0.682. The molecule has 1 unspecified atom stereocenters.